The lowest BCUT2D eigenvalue weighted by molar-refractivity contribution is 0.574. The highest BCUT2D eigenvalue weighted by Crippen LogP contribution is 2.17. The summed E-state index contributed by atoms with van der Waals surface area (Å²) in [7, 11) is -3.51. The molecule has 2 rings (SSSR count). The smallest absolute Gasteiger partial charge is 0.240 e. The Morgan fingerprint density at radius 1 is 1.18 bits per heavy atom. The zero-order valence-electron chi connectivity index (χ0n) is 9.32. The van der Waals surface area contributed by atoms with Crippen molar-refractivity contribution < 1.29 is 12.8 Å². The Morgan fingerprint density at radius 3 is 2.41 bits per heavy atom. The molecule has 1 aliphatic rings. The molecule has 2 N–H and O–H groups in total. The van der Waals surface area contributed by atoms with Crippen molar-refractivity contribution in [3.8, 4) is 0 Å². The maximum absolute atomic E-state index is 12.7. The van der Waals surface area contributed by atoms with Gasteiger partial charge in [0.25, 0.3) is 0 Å². The number of halogens is 1. The van der Waals surface area contributed by atoms with Gasteiger partial charge in [-0.25, -0.2) is 17.5 Å². The van der Waals surface area contributed by atoms with Crippen molar-refractivity contribution in [1.29, 1.82) is 0 Å². The first-order chi connectivity index (χ1) is 8.08. The van der Waals surface area contributed by atoms with Gasteiger partial charge in [0.05, 0.1) is 4.90 Å². The quantitative estimate of drug-likeness (QED) is 0.744. The zero-order chi connectivity index (χ0) is 12.3. The number of rotatable bonds is 6. The largest absolute Gasteiger partial charge is 0.313 e. The Hall–Kier alpha value is -0.980. The normalized spacial score (nSPS) is 16.1. The lowest BCUT2D eigenvalue weighted by Gasteiger charge is -2.07. The summed E-state index contributed by atoms with van der Waals surface area (Å²) >= 11 is 0. The molecule has 0 aliphatic heterocycles. The van der Waals surface area contributed by atoms with Gasteiger partial charge in [0.15, 0.2) is 0 Å². The molecule has 0 atom stereocenters. The topological polar surface area (TPSA) is 58.2 Å². The molecule has 0 radical (unpaired) electrons. The van der Waals surface area contributed by atoms with Gasteiger partial charge in [0, 0.05) is 19.1 Å². The van der Waals surface area contributed by atoms with Crippen molar-refractivity contribution in [2.24, 2.45) is 0 Å². The zero-order valence-corrected chi connectivity index (χ0v) is 10.1. The highest BCUT2D eigenvalue weighted by Gasteiger charge is 2.20. The summed E-state index contributed by atoms with van der Waals surface area (Å²) in [6.45, 7) is 0.960. The first-order valence-corrected chi connectivity index (χ1v) is 7.05. The predicted molar refractivity (Wildman–Crippen MR) is 62.6 cm³/mol. The molecule has 4 nitrogen and oxygen atoms in total. The first-order valence-electron chi connectivity index (χ1n) is 5.56. The van der Waals surface area contributed by atoms with Gasteiger partial charge in [0.1, 0.15) is 5.82 Å². The molecular weight excluding hydrogens is 243 g/mol. The number of hydrogen-bond donors (Lipinski definition) is 2. The van der Waals surface area contributed by atoms with Crippen LogP contribution in [0, 0.1) is 5.82 Å². The molecule has 0 heterocycles. The van der Waals surface area contributed by atoms with E-state index in [-0.39, 0.29) is 4.90 Å². The molecule has 6 heteroatoms. The molecule has 1 saturated carbocycles. The Bertz CT molecular complexity index is 469. The van der Waals surface area contributed by atoms with Gasteiger partial charge in [-0.05, 0) is 37.1 Å². The molecular formula is C11H15FN2O2S. The number of benzene rings is 1. The van der Waals surface area contributed by atoms with E-state index in [1.54, 1.807) is 0 Å². The Balaban J connectivity index is 1.86. The second kappa shape index (κ2) is 5.12. The number of sulfonamides is 1. The van der Waals surface area contributed by atoms with E-state index >= 15 is 0 Å². The molecule has 1 aromatic carbocycles. The van der Waals surface area contributed by atoms with Crippen LogP contribution in [0.2, 0.25) is 0 Å². The molecule has 0 aromatic heterocycles. The van der Waals surface area contributed by atoms with Crippen LogP contribution in [0.25, 0.3) is 0 Å². The lowest BCUT2D eigenvalue weighted by atomic mass is 10.4. The van der Waals surface area contributed by atoms with E-state index in [9.17, 15) is 12.8 Å². The van der Waals surface area contributed by atoms with E-state index in [2.05, 4.69) is 10.0 Å². The van der Waals surface area contributed by atoms with Gasteiger partial charge in [-0.3, -0.25) is 0 Å². The van der Waals surface area contributed by atoms with Gasteiger partial charge in [0.2, 0.25) is 10.0 Å². The van der Waals surface area contributed by atoms with E-state index in [0.717, 1.165) is 12.1 Å². The lowest BCUT2D eigenvalue weighted by Crippen LogP contribution is -2.32. The summed E-state index contributed by atoms with van der Waals surface area (Å²) in [4.78, 5) is 0.0883. The van der Waals surface area contributed by atoms with Gasteiger partial charge in [-0.2, -0.15) is 0 Å². The van der Waals surface area contributed by atoms with E-state index in [1.807, 2.05) is 0 Å². The average molecular weight is 258 g/mol. The highest BCUT2D eigenvalue weighted by molar-refractivity contribution is 7.89. The van der Waals surface area contributed by atoms with E-state index < -0.39 is 15.8 Å². The van der Waals surface area contributed by atoms with Gasteiger partial charge in [-0.15, -0.1) is 0 Å². The van der Waals surface area contributed by atoms with Crippen LogP contribution in [-0.2, 0) is 10.0 Å². The summed E-state index contributed by atoms with van der Waals surface area (Å²) in [6, 6.07) is 5.34. The van der Waals surface area contributed by atoms with Crippen molar-refractivity contribution in [1.82, 2.24) is 10.0 Å². The van der Waals surface area contributed by atoms with Crippen LogP contribution in [0.4, 0.5) is 4.39 Å². The minimum absolute atomic E-state index is 0.0883. The summed E-state index contributed by atoms with van der Waals surface area (Å²) in [5, 5.41) is 3.20. The van der Waals surface area contributed by atoms with Crippen LogP contribution in [0.15, 0.2) is 29.2 Å². The summed E-state index contributed by atoms with van der Waals surface area (Å²) in [6.07, 6.45) is 2.34. The minimum atomic E-state index is -3.51. The molecule has 1 aliphatic carbocycles. The highest BCUT2D eigenvalue weighted by atomic mass is 32.2. The fourth-order valence-electron chi connectivity index (χ4n) is 1.45. The average Bonchev–Trinajstić information content (AvgIpc) is 3.09. The summed E-state index contributed by atoms with van der Waals surface area (Å²) in [5.41, 5.74) is 0. The summed E-state index contributed by atoms with van der Waals surface area (Å²) < 4.78 is 38.6. The fourth-order valence-corrected chi connectivity index (χ4v) is 2.48. The maximum atomic E-state index is 12.7. The van der Waals surface area contributed by atoms with Gasteiger partial charge in [-0.1, -0.05) is 0 Å². The van der Waals surface area contributed by atoms with Crippen LogP contribution in [0.5, 0.6) is 0 Å². The van der Waals surface area contributed by atoms with E-state index in [1.165, 1.54) is 25.0 Å². The Morgan fingerprint density at radius 2 is 1.82 bits per heavy atom. The number of hydrogen-bond acceptors (Lipinski definition) is 3. The third kappa shape index (κ3) is 3.76. The number of nitrogens with one attached hydrogen (secondary N) is 2. The second-order valence-electron chi connectivity index (χ2n) is 4.08. The molecule has 0 spiro atoms. The molecule has 1 fully saturated rings. The van der Waals surface area contributed by atoms with Crippen LogP contribution in [-0.4, -0.2) is 27.5 Å². The Kier molecular flexibility index (Phi) is 3.76. The van der Waals surface area contributed by atoms with Crippen LogP contribution in [0.1, 0.15) is 12.8 Å². The van der Waals surface area contributed by atoms with Crippen LogP contribution < -0.4 is 10.0 Å². The van der Waals surface area contributed by atoms with Gasteiger partial charge < -0.3 is 5.32 Å². The van der Waals surface area contributed by atoms with Crippen molar-refractivity contribution in [3.05, 3.63) is 30.1 Å². The van der Waals surface area contributed by atoms with E-state index in [0.29, 0.717) is 19.1 Å². The molecule has 0 amide bonds. The predicted octanol–water partition coefficient (Wildman–Crippen LogP) is 0.856. The second-order valence-corrected chi connectivity index (χ2v) is 5.85. The molecule has 1 aromatic rings. The molecule has 0 unspecified atom stereocenters. The standard InChI is InChI=1S/C11H15FN2O2S/c12-9-1-5-11(6-2-9)17(15,16)14-8-7-13-10-3-4-10/h1-2,5-6,10,13-14H,3-4,7-8H2. The van der Waals surface area contributed by atoms with Gasteiger partial charge >= 0.3 is 0 Å². The van der Waals surface area contributed by atoms with Crippen LogP contribution >= 0.6 is 0 Å². The molecule has 0 bridgehead atoms. The minimum Gasteiger partial charge on any atom is -0.313 e. The summed E-state index contributed by atoms with van der Waals surface area (Å²) in [5.74, 6) is -0.445. The van der Waals surface area contributed by atoms with Crippen molar-refractivity contribution in [2.45, 2.75) is 23.8 Å². The fraction of sp³-hybridized carbons (Fsp3) is 0.455. The SMILES string of the molecule is O=S(=O)(NCCNC1CC1)c1ccc(F)cc1. The van der Waals surface area contributed by atoms with Crippen molar-refractivity contribution in [2.75, 3.05) is 13.1 Å². The third-order valence-electron chi connectivity index (χ3n) is 2.55. The van der Waals surface area contributed by atoms with E-state index in [4.69, 9.17) is 0 Å². The molecule has 94 valence electrons. The molecule has 0 saturated heterocycles. The maximum Gasteiger partial charge on any atom is 0.240 e. The monoisotopic (exact) mass is 258 g/mol. The van der Waals surface area contributed by atoms with Crippen LogP contribution in [0.3, 0.4) is 0 Å². The third-order valence-corrected chi connectivity index (χ3v) is 4.03. The molecule has 17 heavy (non-hydrogen) atoms. The van der Waals surface area contributed by atoms with Crippen molar-refractivity contribution in [3.63, 3.8) is 0 Å². The van der Waals surface area contributed by atoms with Crippen molar-refractivity contribution >= 4 is 10.0 Å². The first kappa shape index (κ1) is 12.5. The Labute approximate surface area is 100 Å².